The molecule has 0 spiro atoms. The van der Waals surface area contributed by atoms with Crippen LogP contribution >= 0.6 is 0 Å². The molecule has 2 aliphatic heterocycles. The van der Waals surface area contributed by atoms with E-state index < -0.39 is 0 Å². The second kappa shape index (κ2) is 8.13. The van der Waals surface area contributed by atoms with Gasteiger partial charge in [0.2, 0.25) is 5.91 Å². The fourth-order valence-corrected chi connectivity index (χ4v) is 6.04. The van der Waals surface area contributed by atoms with Gasteiger partial charge in [-0.05, 0) is 47.2 Å². The Balaban J connectivity index is 1.26. The number of benzene rings is 2. The van der Waals surface area contributed by atoms with E-state index in [1.165, 1.54) is 16.7 Å². The molecule has 2 aromatic carbocycles. The molecule has 7 rings (SSSR count). The fraction of sp³-hybridized carbons (Fsp3) is 0.286. The molecule has 2 unspecified atom stereocenters. The number of hydrogen-bond acceptors (Lipinski definition) is 5. The van der Waals surface area contributed by atoms with Gasteiger partial charge in [-0.1, -0.05) is 48.5 Å². The van der Waals surface area contributed by atoms with Crippen molar-refractivity contribution in [3.05, 3.63) is 106 Å². The van der Waals surface area contributed by atoms with Crippen molar-refractivity contribution in [2.24, 2.45) is 0 Å². The van der Waals surface area contributed by atoms with E-state index in [2.05, 4.69) is 61.4 Å². The number of amides is 1. The van der Waals surface area contributed by atoms with Gasteiger partial charge in [-0.3, -0.25) is 14.7 Å². The summed E-state index contributed by atoms with van der Waals surface area (Å²) in [6, 6.07) is 21.2. The van der Waals surface area contributed by atoms with Gasteiger partial charge in [0.15, 0.2) is 0 Å². The van der Waals surface area contributed by atoms with Crippen molar-refractivity contribution in [3.63, 3.8) is 0 Å². The SMILES string of the molecule is O=C1CC(c2nnc3n2CCN(C2c4ccccc4CCc4cccnc42)C3)c2ccccc2N1. The average Bonchev–Trinajstić information content (AvgIpc) is 3.23. The molecule has 1 amide bonds. The van der Waals surface area contributed by atoms with Gasteiger partial charge in [-0.25, -0.2) is 0 Å². The van der Waals surface area contributed by atoms with Crippen LogP contribution in [0.15, 0.2) is 66.9 Å². The number of anilines is 1. The van der Waals surface area contributed by atoms with Crippen LogP contribution in [0.25, 0.3) is 0 Å². The van der Waals surface area contributed by atoms with Crippen molar-refractivity contribution in [2.45, 2.75) is 44.3 Å². The van der Waals surface area contributed by atoms with Crippen molar-refractivity contribution in [1.82, 2.24) is 24.6 Å². The zero-order valence-electron chi connectivity index (χ0n) is 19.4. The van der Waals surface area contributed by atoms with Gasteiger partial charge < -0.3 is 9.88 Å². The minimum Gasteiger partial charge on any atom is -0.326 e. The molecule has 3 aliphatic rings. The molecule has 4 aromatic rings. The van der Waals surface area contributed by atoms with Gasteiger partial charge in [0.1, 0.15) is 11.6 Å². The molecule has 7 nitrogen and oxygen atoms in total. The van der Waals surface area contributed by atoms with Gasteiger partial charge in [0, 0.05) is 31.4 Å². The van der Waals surface area contributed by atoms with Crippen LogP contribution in [0, 0.1) is 0 Å². The first-order valence-electron chi connectivity index (χ1n) is 12.3. The maximum absolute atomic E-state index is 12.4. The van der Waals surface area contributed by atoms with E-state index in [1.54, 1.807) is 0 Å². The lowest BCUT2D eigenvalue weighted by Crippen LogP contribution is -2.39. The van der Waals surface area contributed by atoms with E-state index in [-0.39, 0.29) is 17.9 Å². The van der Waals surface area contributed by atoms with Crippen LogP contribution in [-0.2, 0) is 30.7 Å². The number of pyridine rings is 1. The monoisotopic (exact) mass is 462 g/mol. The molecule has 0 radical (unpaired) electrons. The first-order chi connectivity index (χ1) is 17.3. The van der Waals surface area contributed by atoms with Gasteiger partial charge in [0.25, 0.3) is 0 Å². The first-order valence-corrected chi connectivity index (χ1v) is 12.3. The Bertz CT molecular complexity index is 1400. The number of fused-ring (bicyclic) bond motifs is 4. The summed E-state index contributed by atoms with van der Waals surface area (Å²) in [7, 11) is 0. The lowest BCUT2D eigenvalue weighted by molar-refractivity contribution is -0.116. The highest BCUT2D eigenvalue weighted by atomic mass is 16.1. The number of para-hydroxylation sites is 1. The molecule has 0 saturated heterocycles. The number of aryl methyl sites for hydroxylation is 2. The van der Waals surface area contributed by atoms with Crippen LogP contribution in [-0.4, -0.2) is 37.1 Å². The molecule has 0 bridgehead atoms. The Morgan fingerprint density at radius 3 is 2.60 bits per heavy atom. The highest BCUT2D eigenvalue weighted by Gasteiger charge is 2.36. The van der Waals surface area contributed by atoms with Gasteiger partial charge in [-0.15, -0.1) is 10.2 Å². The summed E-state index contributed by atoms with van der Waals surface area (Å²) in [6.45, 7) is 2.36. The number of nitrogens with one attached hydrogen (secondary N) is 1. The van der Waals surface area contributed by atoms with E-state index in [9.17, 15) is 4.79 Å². The Hall–Kier alpha value is -3.84. The highest BCUT2D eigenvalue weighted by molar-refractivity contribution is 5.95. The second-order valence-electron chi connectivity index (χ2n) is 9.64. The maximum atomic E-state index is 12.4. The third-order valence-corrected chi connectivity index (χ3v) is 7.69. The van der Waals surface area contributed by atoms with E-state index in [0.29, 0.717) is 13.0 Å². The van der Waals surface area contributed by atoms with Crippen molar-refractivity contribution < 1.29 is 4.79 Å². The zero-order valence-corrected chi connectivity index (χ0v) is 19.4. The van der Waals surface area contributed by atoms with Crippen LogP contribution < -0.4 is 5.32 Å². The largest absolute Gasteiger partial charge is 0.326 e. The van der Waals surface area contributed by atoms with Gasteiger partial charge in [0.05, 0.1) is 24.2 Å². The van der Waals surface area contributed by atoms with E-state index >= 15 is 0 Å². The molecule has 1 N–H and O–H groups in total. The predicted octanol–water partition coefficient (Wildman–Crippen LogP) is 3.85. The standard InChI is InChI=1S/C28H26N6O/c35-25-16-22(21-9-3-4-10-23(21)30-25)28-32-31-24-17-33(14-15-34(24)28)27-20-8-2-1-6-18(20)11-12-19-7-5-13-29-26(19)27/h1-10,13,22,27H,11-12,14-17H2,(H,30,35). The topological polar surface area (TPSA) is 75.9 Å². The summed E-state index contributed by atoms with van der Waals surface area (Å²) < 4.78 is 2.23. The minimum absolute atomic E-state index is 0.0289. The number of carbonyl (C=O) groups is 1. The van der Waals surface area contributed by atoms with Crippen LogP contribution in [0.1, 0.15) is 58.0 Å². The summed E-state index contributed by atoms with van der Waals surface area (Å²) in [5, 5.41) is 12.3. The summed E-state index contributed by atoms with van der Waals surface area (Å²) in [5.41, 5.74) is 7.21. The normalized spacial score (nSPS) is 21.2. The molecule has 2 aromatic heterocycles. The number of carbonyl (C=O) groups excluding carboxylic acids is 1. The third-order valence-electron chi connectivity index (χ3n) is 7.69. The lowest BCUT2D eigenvalue weighted by atomic mass is 9.89. The Kier molecular flexibility index (Phi) is 4.77. The molecule has 2 atom stereocenters. The number of rotatable bonds is 2. The van der Waals surface area contributed by atoms with Gasteiger partial charge in [-0.2, -0.15) is 0 Å². The van der Waals surface area contributed by atoms with Gasteiger partial charge >= 0.3 is 0 Å². The summed E-state index contributed by atoms with van der Waals surface area (Å²) in [6.07, 6.45) is 4.35. The molecule has 35 heavy (non-hydrogen) atoms. The van der Waals surface area contributed by atoms with Crippen LogP contribution in [0.3, 0.4) is 0 Å². The molecule has 0 saturated carbocycles. The zero-order chi connectivity index (χ0) is 23.4. The summed E-state index contributed by atoms with van der Waals surface area (Å²) in [4.78, 5) is 19.8. The van der Waals surface area contributed by atoms with Crippen LogP contribution in [0.5, 0.6) is 0 Å². The average molecular weight is 463 g/mol. The third kappa shape index (κ3) is 3.38. The Morgan fingerprint density at radius 2 is 1.66 bits per heavy atom. The Morgan fingerprint density at radius 1 is 0.857 bits per heavy atom. The molecule has 174 valence electrons. The van der Waals surface area contributed by atoms with Crippen LogP contribution in [0.2, 0.25) is 0 Å². The quantitative estimate of drug-likeness (QED) is 0.490. The molecule has 7 heteroatoms. The predicted molar refractivity (Wildman–Crippen MR) is 132 cm³/mol. The van der Waals surface area contributed by atoms with Crippen molar-refractivity contribution >= 4 is 11.6 Å². The molecule has 1 aliphatic carbocycles. The fourth-order valence-electron chi connectivity index (χ4n) is 6.04. The maximum Gasteiger partial charge on any atom is 0.225 e. The van der Waals surface area contributed by atoms with Crippen molar-refractivity contribution in [2.75, 3.05) is 11.9 Å². The number of aromatic nitrogens is 4. The van der Waals surface area contributed by atoms with Crippen molar-refractivity contribution in [3.8, 4) is 0 Å². The molecule has 4 heterocycles. The Labute approximate surface area is 203 Å². The second-order valence-corrected chi connectivity index (χ2v) is 9.64. The number of hydrogen-bond donors (Lipinski definition) is 1. The summed E-state index contributed by atoms with van der Waals surface area (Å²) in [5.74, 6) is 1.80. The van der Waals surface area contributed by atoms with E-state index in [4.69, 9.17) is 4.98 Å². The summed E-state index contributed by atoms with van der Waals surface area (Å²) >= 11 is 0. The molecule has 0 fully saturated rings. The number of nitrogens with zero attached hydrogens (tertiary/aromatic N) is 5. The van der Waals surface area contributed by atoms with Crippen molar-refractivity contribution in [1.29, 1.82) is 0 Å². The highest BCUT2D eigenvalue weighted by Crippen LogP contribution is 2.39. The molecular weight excluding hydrogens is 436 g/mol. The van der Waals surface area contributed by atoms with Crippen LogP contribution in [0.4, 0.5) is 5.69 Å². The molecular formula is C28H26N6O. The first kappa shape index (κ1) is 20.5. The minimum atomic E-state index is -0.0752. The van der Waals surface area contributed by atoms with E-state index in [1.807, 2.05) is 30.5 Å². The van der Waals surface area contributed by atoms with E-state index in [0.717, 1.165) is 54.5 Å². The smallest absolute Gasteiger partial charge is 0.225 e. The lowest BCUT2D eigenvalue weighted by Gasteiger charge is -2.36.